The van der Waals surface area contributed by atoms with Crippen molar-refractivity contribution in [1.82, 2.24) is 15.3 Å². The molecule has 5 heteroatoms. The summed E-state index contributed by atoms with van der Waals surface area (Å²) in [6, 6.07) is 1.94. The maximum absolute atomic E-state index is 9.61. The molecule has 0 aliphatic heterocycles. The number of nitrogens with one attached hydrogen (secondary N) is 1. The van der Waals surface area contributed by atoms with Crippen LogP contribution < -0.4 is 5.32 Å². The van der Waals surface area contributed by atoms with Crippen molar-refractivity contribution in [3.63, 3.8) is 0 Å². The van der Waals surface area contributed by atoms with Crippen LogP contribution in [0.5, 0.6) is 0 Å². The van der Waals surface area contributed by atoms with Crippen LogP contribution in [-0.2, 0) is 0 Å². The summed E-state index contributed by atoms with van der Waals surface area (Å²) < 4.78 is 0. The summed E-state index contributed by atoms with van der Waals surface area (Å²) in [4.78, 5) is 8.12. The third-order valence-electron chi connectivity index (χ3n) is 4.01. The summed E-state index contributed by atoms with van der Waals surface area (Å²) in [6.45, 7) is 0.242. The molecule has 4 nitrogen and oxygen atoms in total. The molecule has 0 spiro atoms. The molecule has 100 valence electrons. The van der Waals surface area contributed by atoms with E-state index in [1.807, 2.05) is 13.1 Å². The number of thioether (sulfide) groups is 1. The Morgan fingerprint density at radius 1 is 1.61 bits per heavy atom. The van der Waals surface area contributed by atoms with Crippen LogP contribution in [0.2, 0.25) is 0 Å². The van der Waals surface area contributed by atoms with Crippen LogP contribution in [0.1, 0.15) is 25.7 Å². The zero-order valence-electron chi connectivity index (χ0n) is 10.8. The van der Waals surface area contributed by atoms with E-state index in [1.54, 1.807) is 24.3 Å². The van der Waals surface area contributed by atoms with E-state index < -0.39 is 0 Å². The molecule has 1 heterocycles. The maximum Gasteiger partial charge on any atom is 0.116 e. The average molecular weight is 267 g/mol. The Bertz CT molecular complexity index is 357. The quantitative estimate of drug-likeness (QED) is 0.607. The zero-order chi connectivity index (χ0) is 12.8. The van der Waals surface area contributed by atoms with E-state index >= 15 is 0 Å². The predicted molar refractivity (Wildman–Crippen MR) is 73.6 cm³/mol. The van der Waals surface area contributed by atoms with Crippen molar-refractivity contribution in [2.75, 3.05) is 19.4 Å². The lowest BCUT2D eigenvalue weighted by Gasteiger charge is -2.33. The summed E-state index contributed by atoms with van der Waals surface area (Å²) in [7, 11) is 1.96. The van der Waals surface area contributed by atoms with E-state index in [2.05, 4.69) is 15.3 Å². The topological polar surface area (TPSA) is 58.0 Å². The Morgan fingerprint density at radius 2 is 2.50 bits per heavy atom. The molecule has 1 fully saturated rings. The Labute approximate surface area is 113 Å². The van der Waals surface area contributed by atoms with Gasteiger partial charge in [0.25, 0.3) is 0 Å². The molecular formula is C13H21N3OS. The smallest absolute Gasteiger partial charge is 0.116 e. The zero-order valence-corrected chi connectivity index (χ0v) is 11.6. The van der Waals surface area contributed by atoms with E-state index in [0.29, 0.717) is 5.92 Å². The number of hydrogen-bond acceptors (Lipinski definition) is 5. The van der Waals surface area contributed by atoms with Gasteiger partial charge in [-0.2, -0.15) is 0 Å². The largest absolute Gasteiger partial charge is 0.394 e. The van der Waals surface area contributed by atoms with Crippen LogP contribution >= 0.6 is 11.8 Å². The van der Waals surface area contributed by atoms with Gasteiger partial charge in [0.15, 0.2) is 0 Å². The number of aliphatic hydroxyl groups is 1. The highest BCUT2D eigenvalue weighted by atomic mass is 32.2. The third kappa shape index (κ3) is 3.02. The monoisotopic (exact) mass is 267 g/mol. The fourth-order valence-corrected chi connectivity index (χ4v) is 3.74. The van der Waals surface area contributed by atoms with Crippen molar-refractivity contribution < 1.29 is 5.11 Å². The lowest BCUT2D eigenvalue weighted by Crippen LogP contribution is -2.49. The van der Waals surface area contributed by atoms with Crippen molar-refractivity contribution in [1.29, 1.82) is 0 Å². The van der Waals surface area contributed by atoms with Crippen molar-refractivity contribution >= 4 is 11.8 Å². The van der Waals surface area contributed by atoms with Gasteiger partial charge in [-0.1, -0.05) is 6.42 Å². The number of aromatic nitrogens is 2. The molecular weight excluding hydrogens is 246 g/mol. The number of rotatable bonds is 6. The molecule has 2 N–H and O–H groups in total. The molecule has 1 aliphatic rings. The molecule has 0 saturated heterocycles. The highest BCUT2D eigenvalue weighted by Crippen LogP contribution is 2.38. The molecule has 1 aromatic rings. The summed E-state index contributed by atoms with van der Waals surface area (Å²) >= 11 is 1.77. The highest BCUT2D eigenvalue weighted by Gasteiger charge is 2.40. The molecule has 0 aromatic carbocycles. The molecule has 2 unspecified atom stereocenters. The van der Waals surface area contributed by atoms with Gasteiger partial charge in [0.2, 0.25) is 0 Å². The van der Waals surface area contributed by atoms with Gasteiger partial charge in [-0.25, -0.2) is 9.97 Å². The van der Waals surface area contributed by atoms with E-state index in [4.69, 9.17) is 0 Å². The summed E-state index contributed by atoms with van der Waals surface area (Å²) in [5, 5.41) is 14.0. The molecule has 2 atom stereocenters. The minimum Gasteiger partial charge on any atom is -0.394 e. The van der Waals surface area contributed by atoms with Crippen LogP contribution in [0.4, 0.5) is 0 Å². The molecule has 18 heavy (non-hydrogen) atoms. The lowest BCUT2D eigenvalue weighted by atomic mass is 9.86. The first-order valence-electron chi connectivity index (χ1n) is 6.49. The van der Waals surface area contributed by atoms with E-state index in [9.17, 15) is 5.11 Å². The van der Waals surface area contributed by atoms with Crippen LogP contribution in [0, 0.1) is 5.92 Å². The number of nitrogens with zero attached hydrogens (tertiary/aromatic N) is 2. The van der Waals surface area contributed by atoms with Gasteiger partial charge in [-0.05, 0) is 44.0 Å². The van der Waals surface area contributed by atoms with Gasteiger partial charge in [-0.3, -0.25) is 0 Å². The van der Waals surface area contributed by atoms with Crippen LogP contribution in [-0.4, -0.2) is 40.0 Å². The Morgan fingerprint density at radius 3 is 3.17 bits per heavy atom. The van der Waals surface area contributed by atoms with Gasteiger partial charge in [0, 0.05) is 11.7 Å². The predicted octanol–water partition coefficient (Wildman–Crippen LogP) is 1.71. The second-order valence-electron chi connectivity index (χ2n) is 4.84. The number of hydrogen-bond donors (Lipinski definition) is 2. The van der Waals surface area contributed by atoms with E-state index in [0.717, 1.165) is 23.6 Å². The van der Waals surface area contributed by atoms with Crippen molar-refractivity contribution in [2.24, 2.45) is 5.92 Å². The Kier molecular flexibility index (Phi) is 4.97. The van der Waals surface area contributed by atoms with Crippen molar-refractivity contribution in [3.05, 3.63) is 18.6 Å². The van der Waals surface area contributed by atoms with Gasteiger partial charge < -0.3 is 10.4 Å². The Balaban J connectivity index is 1.83. The van der Waals surface area contributed by atoms with E-state index in [-0.39, 0.29) is 12.1 Å². The first-order chi connectivity index (χ1) is 8.80. The van der Waals surface area contributed by atoms with Gasteiger partial charge in [-0.15, -0.1) is 11.8 Å². The average Bonchev–Trinajstić information content (AvgIpc) is 2.84. The van der Waals surface area contributed by atoms with Crippen LogP contribution in [0.3, 0.4) is 0 Å². The van der Waals surface area contributed by atoms with Gasteiger partial charge in [0.1, 0.15) is 6.33 Å². The van der Waals surface area contributed by atoms with Crippen molar-refractivity contribution in [2.45, 2.75) is 36.2 Å². The number of likely N-dealkylation sites (N-methyl/N-ethyl adjacent to an activating group) is 1. The van der Waals surface area contributed by atoms with Crippen LogP contribution in [0.15, 0.2) is 23.6 Å². The Hall–Kier alpha value is -0.650. The SMILES string of the molecule is CNC1(CO)CCCC1CCSc1ccncn1. The first-order valence-corrected chi connectivity index (χ1v) is 7.48. The van der Waals surface area contributed by atoms with Gasteiger partial charge >= 0.3 is 0 Å². The summed E-state index contributed by atoms with van der Waals surface area (Å²) in [5.41, 5.74) is -0.0494. The fourth-order valence-electron chi connectivity index (χ4n) is 2.85. The molecule has 1 saturated carbocycles. The highest BCUT2D eigenvalue weighted by molar-refractivity contribution is 7.99. The second-order valence-corrected chi connectivity index (χ2v) is 5.95. The minimum atomic E-state index is -0.0494. The molecule has 0 bridgehead atoms. The molecule has 0 radical (unpaired) electrons. The van der Waals surface area contributed by atoms with Gasteiger partial charge in [0.05, 0.1) is 11.6 Å². The minimum absolute atomic E-state index is 0.0494. The fraction of sp³-hybridized carbons (Fsp3) is 0.692. The third-order valence-corrected chi connectivity index (χ3v) is 4.99. The van der Waals surface area contributed by atoms with E-state index in [1.165, 1.54) is 12.8 Å². The lowest BCUT2D eigenvalue weighted by molar-refractivity contribution is 0.130. The molecule has 1 aromatic heterocycles. The second kappa shape index (κ2) is 6.50. The van der Waals surface area contributed by atoms with Crippen LogP contribution in [0.25, 0.3) is 0 Å². The molecule has 0 amide bonds. The maximum atomic E-state index is 9.61. The summed E-state index contributed by atoms with van der Waals surface area (Å²) in [6.07, 6.45) is 7.99. The first kappa shape index (κ1) is 13.8. The van der Waals surface area contributed by atoms with Crippen molar-refractivity contribution in [3.8, 4) is 0 Å². The normalized spacial score (nSPS) is 27.6. The standard InChI is InChI=1S/C13H21N3OS/c1-14-13(9-17)6-2-3-11(13)5-8-18-12-4-7-15-10-16-12/h4,7,10-11,14,17H,2-3,5-6,8-9H2,1H3. The molecule has 2 rings (SSSR count). The summed E-state index contributed by atoms with van der Waals surface area (Å²) in [5.74, 6) is 1.62. The number of aliphatic hydroxyl groups excluding tert-OH is 1. The molecule has 1 aliphatic carbocycles.